The van der Waals surface area contributed by atoms with Gasteiger partial charge in [-0.1, -0.05) is 41.0 Å². The fraction of sp³-hybridized carbons (Fsp3) is 0.231. The molecule has 2 rings (SSSR count). The van der Waals surface area contributed by atoms with E-state index in [9.17, 15) is 0 Å². The molecule has 0 aliphatic rings. The molecule has 1 aromatic carbocycles. The van der Waals surface area contributed by atoms with Crippen LogP contribution in [-0.2, 0) is 6.54 Å². The summed E-state index contributed by atoms with van der Waals surface area (Å²) in [6.07, 6.45) is 0. The third-order valence-electron chi connectivity index (χ3n) is 2.98. The summed E-state index contributed by atoms with van der Waals surface area (Å²) >= 11 is 6.11. The molecule has 0 bridgehead atoms. The molecule has 0 saturated heterocycles. The molecule has 1 heterocycles. The molecule has 0 fully saturated rings. The molecule has 0 unspecified atom stereocenters. The molecule has 100 valence electrons. The molecule has 0 atom stereocenters. The van der Waals surface area contributed by atoms with E-state index in [4.69, 9.17) is 22.5 Å². The fourth-order valence-electron chi connectivity index (χ4n) is 1.84. The van der Waals surface area contributed by atoms with E-state index in [2.05, 4.69) is 10.3 Å². The predicted molar refractivity (Wildman–Crippen MR) is 74.8 cm³/mol. The monoisotopic (exact) mass is 278 g/mol. The highest BCUT2D eigenvalue weighted by molar-refractivity contribution is 6.31. The maximum Gasteiger partial charge on any atom is 0.170 e. The Hall–Kier alpha value is -2.01. The first kappa shape index (κ1) is 13.4. The number of benzene rings is 1. The first-order valence-electron chi connectivity index (χ1n) is 5.79. The van der Waals surface area contributed by atoms with Gasteiger partial charge in [0.25, 0.3) is 0 Å². The van der Waals surface area contributed by atoms with E-state index in [0.717, 1.165) is 17.0 Å². The predicted octanol–water partition coefficient (Wildman–Crippen LogP) is 2.30. The topological polar surface area (TPSA) is 76.4 Å². The van der Waals surface area contributed by atoms with Crippen molar-refractivity contribution >= 4 is 17.4 Å². The summed E-state index contributed by atoms with van der Waals surface area (Å²) in [4.78, 5) is 0. The molecule has 1 aromatic heterocycles. The largest absolute Gasteiger partial charge is 0.409 e. The van der Waals surface area contributed by atoms with Crippen molar-refractivity contribution in [3.63, 3.8) is 0 Å². The van der Waals surface area contributed by atoms with Gasteiger partial charge in [0.05, 0.1) is 23.0 Å². The number of aryl methyl sites for hydroxylation is 1. The lowest BCUT2D eigenvalue weighted by molar-refractivity contribution is 0.318. The van der Waals surface area contributed by atoms with Crippen LogP contribution in [0.25, 0.3) is 0 Å². The number of hydrogen-bond acceptors (Lipinski definition) is 3. The van der Waals surface area contributed by atoms with Gasteiger partial charge in [-0.05, 0) is 19.4 Å². The van der Waals surface area contributed by atoms with Gasteiger partial charge in [-0.25, -0.2) is 0 Å². The Kier molecular flexibility index (Phi) is 3.76. The zero-order valence-electron chi connectivity index (χ0n) is 10.8. The van der Waals surface area contributed by atoms with Gasteiger partial charge in [-0.3, -0.25) is 4.68 Å². The van der Waals surface area contributed by atoms with Crippen molar-refractivity contribution in [1.82, 2.24) is 9.78 Å². The van der Waals surface area contributed by atoms with Gasteiger partial charge in [-0.15, -0.1) is 0 Å². The number of aromatic nitrogens is 2. The Labute approximate surface area is 116 Å². The fourth-order valence-corrected chi connectivity index (χ4v) is 1.98. The number of rotatable bonds is 3. The third-order valence-corrected chi connectivity index (χ3v) is 3.53. The number of oxime groups is 1. The number of nitrogens with zero attached hydrogens (tertiary/aromatic N) is 3. The van der Waals surface area contributed by atoms with Crippen LogP contribution < -0.4 is 5.73 Å². The van der Waals surface area contributed by atoms with Gasteiger partial charge < -0.3 is 10.9 Å². The summed E-state index contributed by atoms with van der Waals surface area (Å²) in [6, 6.07) is 7.44. The summed E-state index contributed by atoms with van der Waals surface area (Å²) < 4.78 is 1.86. The van der Waals surface area contributed by atoms with E-state index in [-0.39, 0.29) is 5.84 Å². The minimum Gasteiger partial charge on any atom is -0.409 e. The number of nitrogens with two attached hydrogens (primary N) is 1. The summed E-state index contributed by atoms with van der Waals surface area (Å²) in [7, 11) is 0. The quantitative estimate of drug-likeness (QED) is 0.391. The van der Waals surface area contributed by atoms with Gasteiger partial charge in [-0.2, -0.15) is 5.10 Å². The van der Waals surface area contributed by atoms with E-state index >= 15 is 0 Å². The Morgan fingerprint density at radius 1 is 1.37 bits per heavy atom. The molecule has 0 spiro atoms. The molecule has 2 aromatic rings. The van der Waals surface area contributed by atoms with Crippen LogP contribution in [0.4, 0.5) is 0 Å². The average Bonchev–Trinajstić information content (AvgIpc) is 2.66. The minimum atomic E-state index is 0.0979. The van der Waals surface area contributed by atoms with Gasteiger partial charge in [0.2, 0.25) is 0 Å². The van der Waals surface area contributed by atoms with E-state index < -0.39 is 0 Å². The molecule has 0 amide bonds. The second-order valence-corrected chi connectivity index (χ2v) is 4.70. The van der Waals surface area contributed by atoms with Crippen molar-refractivity contribution in [1.29, 1.82) is 0 Å². The van der Waals surface area contributed by atoms with Gasteiger partial charge in [0.15, 0.2) is 5.84 Å². The standard InChI is InChI=1S/C13H15ClN4O/c1-8-12(14)9(2)18(16-8)7-10-3-5-11(6-4-10)13(15)17-19/h3-6,19H,7H2,1-2H3,(H2,15,17). The van der Waals surface area contributed by atoms with E-state index in [1.165, 1.54) is 0 Å². The van der Waals surface area contributed by atoms with Gasteiger partial charge in [0, 0.05) is 5.56 Å². The minimum absolute atomic E-state index is 0.0979. The molecule has 0 radical (unpaired) electrons. The third kappa shape index (κ3) is 2.71. The molecular weight excluding hydrogens is 264 g/mol. The summed E-state index contributed by atoms with van der Waals surface area (Å²) in [5.41, 5.74) is 9.02. The highest BCUT2D eigenvalue weighted by Crippen LogP contribution is 2.19. The molecule has 0 aliphatic heterocycles. The van der Waals surface area contributed by atoms with Gasteiger partial charge >= 0.3 is 0 Å². The van der Waals surface area contributed by atoms with Crippen LogP contribution in [0.15, 0.2) is 29.4 Å². The smallest absolute Gasteiger partial charge is 0.170 e. The van der Waals surface area contributed by atoms with Crippen molar-refractivity contribution < 1.29 is 5.21 Å². The number of amidine groups is 1. The highest BCUT2D eigenvalue weighted by Gasteiger charge is 2.09. The van der Waals surface area contributed by atoms with Crippen molar-refractivity contribution in [2.24, 2.45) is 10.9 Å². The van der Waals surface area contributed by atoms with Crippen LogP contribution in [0.1, 0.15) is 22.5 Å². The van der Waals surface area contributed by atoms with Crippen molar-refractivity contribution in [2.45, 2.75) is 20.4 Å². The average molecular weight is 279 g/mol. The lowest BCUT2D eigenvalue weighted by Gasteiger charge is -2.06. The van der Waals surface area contributed by atoms with Crippen LogP contribution in [0.2, 0.25) is 5.02 Å². The number of hydrogen-bond donors (Lipinski definition) is 2. The summed E-state index contributed by atoms with van der Waals surface area (Å²) in [5, 5.41) is 16.6. The van der Waals surface area contributed by atoms with Crippen LogP contribution in [0.5, 0.6) is 0 Å². The molecular formula is C13H15ClN4O. The second-order valence-electron chi connectivity index (χ2n) is 4.32. The summed E-state index contributed by atoms with van der Waals surface area (Å²) in [5.74, 6) is 0.0979. The van der Waals surface area contributed by atoms with E-state index in [0.29, 0.717) is 17.1 Å². The molecule has 0 saturated carbocycles. The van der Waals surface area contributed by atoms with E-state index in [1.54, 1.807) is 12.1 Å². The van der Waals surface area contributed by atoms with Crippen LogP contribution in [-0.4, -0.2) is 20.8 Å². The SMILES string of the molecule is Cc1nn(Cc2ccc(C(N)=NO)cc2)c(C)c1Cl. The molecule has 5 nitrogen and oxygen atoms in total. The zero-order valence-corrected chi connectivity index (χ0v) is 11.5. The summed E-state index contributed by atoms with van der Waals surface area (Å²) in [6.45, 7) is 4.45. The first-order chi connectivity index (χ1) is 9.02. The molecule has 6 heteroatoms. The Morgan fingerprint density at radius 2 is 2.00 bits per heavy atom. The lowest BCUT2D eigenvalue weighted by atomic mass is 10.1. The normalized spacial score (nSPS) is 11.8. The van der Waals surface area contributed by atoms with Crippen LogP contribution in [0, 0.1) is 13.8 Å². The highest BCUT2D eigenvalue weighted by atomic mass is 35.5. The zero-order chi connectivity index (χ0) is 14.0. The Morgan fingerprint density at radius 3 is 2.47 bits per heavy atom. The molecule has 0 aliphatic carbocycles. The van der Waals surface area contributed by atoms with Gasteiger partial charge in [0.1, 0.15) is 0 Å². The second kappa shape index (κ2) is 5.32. The lowest BCUT2D eigenvalue weighted by Crippen LogP contribution is -2.13. The van der Waals surface area contributed by atoms with Crippen LogP contribution >= 0.6 is 11.6 Å². The van der Waals surface area contributed by atoms with Crippen molar-refractivity contribution in [2.75, 3.05) is 0 Å². The Bertz CT molecular complexity index is 616. The van der Waals surface area contributed by atoms with Crippen molar-refractivity contribution in [3.8, 4) is 0 Å². The maximum atomic E-state index is 8.60. The molecule has 3 N–H and O–H groups in total. The van der Waals surface area contributed by atoms with Crippen molar-refractivity contribution in [3.05, 3.63) is 51.8 Å². The maximum absolute atomic E-state index is 8.60. The first-order valence-corrected chi connectivity index (χ1v) is 6.17. The Balaban J connectivity index is 2.22. The molecule has 19 heavy (non-hydrogen) atoms. The number of halogens is 1. The van der Waals surface area contributed by atoms with Crippen LogP contribution in [0.3, 0.4) is 0 Å². The van der Waals surface area contributed by atoms with E-state index in [1.807, 2.05) is 30.7 Å².